The van der Waals surface area contributed by atoms with E-state index in [1.165, 1.54) is 0 Å². The van der Waals surface area contributed by atoms with Crippen molar-refractivity contribution in [2.24, 2.45) is 0 Å². The van der Waals surface area contributed by atoms with Gasteiger partial charge < -0.3 is 9.47 Å². The highest BCUT2D eigenvalue weighted by atomic mass is 32.2. The average Bonchev–Trinajstić information content (AvgIpc) is 2.69. The molecule has 0 radical (unpaired) electrons. The molecule has 1 fully saturated rings. The Balaban J connectivity index is 1.83. The quantitative estimate of drug-likeness (QED) is 0.760. The zero-order chi connectivity index (χ0) is 20.1. The Hall–Kier alpha value is -1.89. The highest BCUT2D eigenvalue weighted by Gasteiger charge is 2.31. The predicted molar refractivity (Wildman–Crippen MR) is 112 cm³/mol. The Morgan fingerprint density at radius 3 is 2.54 bits per heavy atom. The Morgan fingerprint density at radius 2 is 1.86 bits per heavy atom. The highest BCUT2D eigenvalue weighted by molar-refractivity contribution is 7.90. The van der Waals surface area contributed by atoms with Gasteiger partial charge in [0.1, 0.15) is 5.75 Å². The third-order valence-corrected chi connectivity index (χ3v) is 7.00. The van der Waals surface area contributed by atoms with Gasteiger partial charge in [-0.1, -0.05) is 42.5 Å². The standard InChI is InChI=1S/C22H29NO4S/c1-4-27-22-8-6-5-7-19(22)17-9-11-18(12-10-17)20-15-26-14-13-21(20)23-28(24,25)16(2)3/h5-12,16,20-21,23H,4,13-15H2,1-3H3/t20?,21-/m1/s1. The van der Waals surface area contributed by atoms with E-state index in [4.69, 9.17) is 9.47 Å². The fourth-order valence-corrected chi connectivity index (χ4v) is 4.43. The second-order valence-electron chi connectivity index (χ2n) is 7.34. The van der Waals surface area contributed by atoms with Crippen molar-refractivity contribution in [2.45, 2.75) is 44.4 Å². The Labute approximate surface area is 168 Å². The molecule has 1 heterocycles. The van der Waals surface area contributed by atoms with Crippen molar-refractivity contribution in [3.05, 3.63) is 54.1 Å². The van der Waals surface area contributed by atoms with E-state index in [9.17, 15) is 8.42 Å². The highest BCUT2D eigenvalue weighted by Crippen LogP contribution is 2.33. The lowest BCUT2D eigenvalue weighted by atomic mass is 9.88. The molecule has 0 bridgehead atoms. The van der Waals surface area contributed by atoms with Crippen molar-refractivity contribution in [2.75, 3.05) is 19.8 Å². The van der Waals surface area contributed by atoms with Gasteiger partial charge in [-0.25, -0.2) is 13.1 Å². The molecule has 1 N–H and O–H groups in total. The molecule has 0 aliphatic carbocycles. The van der Waals surface area contributed by atoms with Gasteiger partial charge in [0.25, 0.3) is 0 Å². The van der Waals surface area contributed by atoms with Crippen LogP contribution in [-0.2, 0) is 14.8 Å². The zero-order valence-corrected chi connectivity index (χ0v) is 17.5. The maximum Gasteiger partial charge on any atom is 0.214 e. The molecule has 0 aromatic heterocycles. The first kappa shape index (κ1) is 20.8. The van der Waals surface area contributed by atoms with Gasteiger partial charge in [0.15, 0.2) is 0 Å². The number of nitrogens with one attached hydrogen (secondary N) is 1. The number of hydrogen-bond acceptors (Lipinski definition) is 4. The van der Waals surface area contributed by atoms with E-state index < -0.39 is 15.3 Å². The molecule has 28 heavy (non-hydrogen) atoms. The van der Waals surface area contributed by atoms with Crippen LogP contribution in [0.5, 0.6) is 5.75 Å². The fourth-order valence-electron chi connectivity index (χ4n) is 3.45. The number of ether oxygens (including phenoxy) is 2. The normalized spacial score (nSPS) is 20.3. The van der Waals surface area contributed by atoms with Crippen LogP contribution in [-0.4, -0.2) is 39.5 Å². The van der Waals surface area contributed by atoms with Crippen molar-refractivity contribution in [1.29, 1.82) is 0 Å². The summed E-state index contributed by atoms with van der Waals surface area (Å²) in [6, 6.07) is 16.1. The SMILES string of the molecule is CCOc1ccccc1-c1ccc(C2COCC[C@H]2NS(=O)(=O)C(C)C)cc1. The van der Waals surface area contributed by atoms with Gasteiger partial charge in [-0.15, -0.1) is 0 Å². The summed E-state index contributed by atoms with van der Waals surface area (Å²) in [5.41, 5.74) is 3.20. The maximum absolute atomic E-state index is 12.3. The summed E-state index contributed by atoms with van der Waals surface area (Å²) in [6.45, 7) is 7.07. The predicted octanol–water partition coefficient (Wildman–Crippen LogP) is 3.95. The van der Waals surface area contributed by atoms with Crippen molar-refractivity contribution in [3.8, 4) is 16.9 Å². The number of para-hydroxylation sites is 1. The van der Waals surface area contributed by atoms with E-state index in [1.807, 2.05) is 31.2 Å². The molecule has 0 saturated carbocycles. The molecule has 3 rings (SSSR count). The van der Waals surface area contributed by atoms with Gasteiger partial charge in [0.05, 0.1) is 18.5 Å². The molecule has 2 atom stereocenters. The average molecular weight is 404 g/mol. The van der Waals surface area contributed by atoms with Gasteiger partial charge >= 0.3 is 0 Å². The summed E-state index contributed by atoms with van der Waals surface area (Å²) in [4.78, 5) is 0. The molecular weight excluding hydrogens is 374 g/mol. The Morgan fingerprint density at radius 1 is 1.14 bits per heavy atom. The van der Waals surface area contributed by atoms with E-state index in [0.717, 1.165) is 22.4 Å². The van der Waals surface area contributed by atoms with Crippen LogP contribution < -0.4 is 9.46 Å². The van der Waals surface area contributed by atoms with E-state index in [1.54, 1.807) is 13.8 Å². The van der Waals surface area contributed by atoms with Crippen LogP contribution in [0.4, 0.5) is 0 Å². The van der Waals surface area contributed by atoms with Crippen LogP contribution in [0.15, 0.2) is 48.5 Å². The van der Waals surface area contributed by atoms with Crippen LogP contribution in [0.2, 0.25) is 0 Å². The van der Waals surface area contributed by atoms with E-state index >= 15 is 0 Å². The second kappa shape index (κ2) is 9.07. The van der Waals surface area contributed by atoms with Gasteiger partial charge in [-0.2, -0.15) is 0 Å². The van der Waals surface area contributed by atoms with Crippen molar-refractivity contribution >= 4 is 10.0 Å². The topological polar surface area (TPSA) is 64.6 Å². The minimum atomic E-state index is -3.32. The van der Waals surface area contributed by atoms with Crippen LogP contribution >= 0.6 is 0 Å². The largest absolute Gasteiger partial charge is 0.493 e. The third kappa shape index (κ3) is 4.74. The summed E-state index contributed by atoms with van der Waals surface area (Å²) >= 11 is 0. The zero-order valence-electron chi connectivity index (χ0n) is 16.7. The van der Waals surface area contributed by atoms with Gasteiger partial charge in [0, 0.05) is 24.1 Å². The molecule has 0 spiro atoms. The minimum absolute atomic E-state index is 0.00143. The molecule has 0 amide bonds. The van der Waals surface area contributed by atoms with Crippen LogP contribution in [0.25, 0.3) is 11.1 Å². The van der Waals surface area contributed by atoms with E-state index in [0.29, 0.717) is 26.2 Å². The maximum atomic E-state index is 12.3. The molecule has 2 aromatic carbocycles. The van der Waals surface area contributed by atoms with E-state index in [2.05, 4.69) is 29.0 Å². The molecule has 2 aromatic rings. The Bertz CT molecular complexity index is 878. The van der Waals surface area contributed by atoms with Gasteiger partial charge in [-0.3, -0.25) is 0 Å². The van der Waals surface area contributed by atoms with Crippen molar-refractivity contribution in [1.82, 2.24) is 4.72 Å². The second-order valence-corrected chi connectivity index (χ2v) is 9.61. The van der Waals surface area contributed by atoms with Crippen LogP contribution in [0.3, 0.4) is 0 Å². The lowest BCUT2D eigenvalue weighted by Gasteiger charge is -2.33. The number of rotatable bonds is 7. The van der Waals surface area contributed by atoms with Gasteiger partial charge in [-0.05, 0) is 44.4 Å². The number of benzene rings is 2. The third-order valence-electron chi connectivity index (χ3n) is 5.13. The monoisotopic (exact) mass is 403 g/mol. The lowest BCUT2D eigenvalue weighted by Crippen LogP contribution is -2.46. The molecular formula is C22H29NO4S. The molecule has 1 unspecified atom stereocenters. The summed E-state index contributed by atoms with van der Waals surface area (Å²) in [7, 11) is -3.32. The fraction of sp³-hybridized carbons (Fsp3) is 0.455. The van der Waals surface area contributed by atoms with Gasteiger partial charge in [0.2, 0.25) is 10.0 Å². The number of sulfonamides is 1. The van der Waals surface area contributed by atoms with Crippen LogP contribution in [0, 0.1) is 0 Å². The van der Waals surface area contributed by atoms with E-state index in [-0.39, 0.29) is 12.0 Å². The molecule has 5 nitrogen and oxygen atoms in total. The smallest absolute Gasteiger partial charge is 0.214 e. The van der Waals surface area contributed by atoms with Crippen molar-refractivity contribution < 1.29 is 17.9 Å². The molecule has 1 aliphatic heterocycles. The molecule has 1 aliphatic rings. The minimum Gasteiger partial charge on any atom is -0.493 e. The molecule has 152 valence electrons. The molecule has 1 saturated heterocycles. The first-order valence-electron chi connectivity index (χ1n) is 9.83. The van der Waals surface area contributed by atoms with Crippen LogP contribution in [0.1, 0.15) is 38.7 Å². The summed E-state index contributed by atoms with van der Waals surface area (Å²) in [5, 5.41) is -0.451. The summed E-state index contributed by atoms with van der Waals surface area (Å²) in [6.07, 6.45) is 0.672. The molecule has 6 heteroatoms. The lowest BCUT2D eigenvalue weighted by molar-refractivity contribution is 0.0653. The summed E-state index contributed by atoms with van der Waals surface area (Å²) in [5.74, 6) is 0.861. The number of hydrogen-bond donors (Lipinski definition) is 1. The van der Waals surface area contributed by atoms with Crippen molar-refractivity contribution in [3.63, 3.8) is 0 Å². The first-order valence-corrected chi connectivity index (χ1v) is 11.4. The summed E-state index contributed by atoms with van der Waals surface area (Å²) < 4.78 is 39.0. The Kier molecular flexibility index (Phi) is 6.75. The first-order chi connectivity index (χ1) is 13.4.